The molecule has 0 aliphatic heterocycles. The predicted octanol–water partition coefficient (Wildman–Crippen LogP) is 5.49. The maximum absolute atomic E-state index is 11.5. The smallest absolute Gasteiger partial charge is 0.338 e. The van der Waals surface area contributed by atoms with Crippen molar-refractivity contribution >= 4 is 46.3 Å². The third kappa shape index (κ3) is 8.25. The van der Waals surface area contributed by atoms with Gasteiger partial charge in [-0.15, -0.1) is 0 Å². The van der Waals surface area contributed by atoms with Crippen LogP contribution in [0.15, 0.2) is 85.2 Å². The van der Waals surface area contributed by atoms with Crippen molar-refractivity contribution in [1.82, 2.24) is 9.97 Å². The number of ether oxygens (including phenoxy) is 2. The molecule has 2 aromatic carbocycles. The van der Waals surface area contributed by atoms with Gasteiger partial charge in [0.15, 0.2) is 5.82 Å². The molecule has 2 aromatic heterocycles. The van der Waals surface area contributed by atoms with Crippen LogP contribution in [0.4, 0.5) is 34.4 Å². The zero-order chi connectivity index (χ0) is 28.9. The van der Waals surface area contributed by atoms with Gasteiger partial charge in [-0.05, 0) is 80.6 Å². The Labute approximate surface area is 230 Å². The topological polar surface area (TPSA) is 172 Å². The summed E-state index contributed by atoms with van der Waals surface area (Å²) in [5.74, 6) is -0.00274. The first-order valence-corrected chi connectivity index (χ1v) is 12.2. The van der Waals surface area contributed by atoms with Gasteiger partial charge in [0.2, 0.25) is 5.82 Å². The summed E-state index contributed by atoms with van der Waals surface area (Å²) >= 11 is 0. The summed E-state index contributed by atoms with van der Waals surface area (Å²) in [6.07, 6.45) is 3.12. The minimum atomic E-state index is -0.512. The number of aromatic nitrogens is 2. The molecule has 0 saturated carbocycles. The maximum Gasteiger partial charge on any atom is 0.338 e. The van der Waals surface area contributed by atoms with Crippen molar-refractivity contribution in [2.24, 2.45) is 0 Å². The van der Waals surface area contributed by atoms with E-state index >= 15 is 0 Å². The molecule has 0 fully saturated rings. The van der Waals surface area contributed by atoms with E-state index in [4.69, 9.17) is 15.2 Å². The highest BCUT2D eigenvalue weighted by Gasteiger charge is 2.14. The fourth-order valence-electron chi connectivity index (χ4n) is 3.24. The van der Waals surface area contributed by atoms with E-state index in [1.165, 1.54) is 18.3 Å². The van der Waals surface area contributed by atoms with E-state index in [2.05, 4.69) is 20.6 Å². The van der Waals surface area contributed by atoms with E-state index in [0.717, 1.165) is 5.69 Å². The molecule has 12 heteroatoms. The highest BCUT2D eigenvalue weighted by Crippen LogP contribution is 2.25. The lowest BCUT2D eigenvalue weighted by Gasteiger charge is -2.08. The molecular formula is C28H28N6O6. The number of hydrogen-bond donors (Lipinski definition) is 3. The number of carbonyl (C=O) groups is 2. The Morgan fingerprint density at radius 2 is 1.23 bits per heavy atom. The molecule has 0 unspecified atom stereocenters. The zero-order valence-corrected chi connectivity index (χ0v) is 21.9. The van der Waals surface area contributed by atoms with Crippen molar-refractivity contribution in [3.05, 3.63) is 106 Å². The maximum atomic E-state index is 11.5. The molecule has 40 heavy (non-hydrogen) atoms. The standard InChI is InChI=1S/C14H13N3O4.C14H15N3O2/c1-2-21-14(18)10-5-7-11(8-6-10)16-13-12(17(19)20)4-3-9-15-13;1-2-19-14(18)10-5-7-11(8-6-10)17-13-12(15)4-3-9-16-13/h3-9H,2H2,1H3,(H,15,16);3-9H,2,15H2,1H3,(H,16,17). The summed E-state index contributed by atoms with van der Waals surface area (Å²) in [5, 5.41) is 16.8. The van der Waals surface area contributed by atoms with Crippen LogP contribution >= 0.6 is 0 Å². The Morgan fingerprint density at radius 1 is 0.775 bits per heavy atom. The number of rotatable bonds is 9. The van der Waals surface area contributed by atoms with E-state index in [1.807, 2.05) is 0 Å². The Morgan fingerprint density at radius 3 is 1.68 bits per heavy atom. The van der Waals surface area contributed by atoms with Gasteiger partial charge in [-0.1, -0.05) is 0 Å². The number of nitrogens with zero attached hydrogens (tertiary/aromatic N) is 3. The van der Waals surface area contributed by atoms with Crippen molar-refractivity contribution in [3.63, 3.8) is 0 Å². The molecule has 0 atom stereocenters. The molecule has 0 saturated heterocycles. The molecule has 2 heterocycles. The summed E-state index contributed by atoms with van der Waals surface area (Å²) < 4.78 is 9.79. The lowest BCUT2D eigenvalue weighted by Crippen LogP contribution is -2.04. The Kier molecular flexibility index (Phi) is 10.5. The number of nitrogens with two attached hydrogens (primary N) is 1. The second-order valence-electron chi connectivity index (χ2n) is 7.92. The molecule has 12 nitrogen and oxygen atoms in total. The van der Waals surface area contributed by atoms with Crippen LogP contribution in [-0.4, -0.2) is 40.0 Å². The predicted molar refractivity (Wildman–Crippen MR) is 151 cm³/mol. The van der Waals surface area contributed by atoms with Gasteiger partial charge < -0.3 is 25.8 Å². The van der Waals surface area contributed by atoms with Gasteiger partial charge in [0.1, 0.15) is 0 Å². The fraction of sp³-hybridized carbons (Fsp3) is 0.143. The number of nitrogens with one attached hydrogen (secondary N) is 2. The monoisotopic (exact) mass is 544 g/mol. The lowest BCUT2D eigenvalue weighted by molar-refractivity contribution is -0.384. The summed E-state index contributed by atoms with van der Waals surface area (Å²) in [5.41, 5.74) is 8.56. The SMILES string of the molecule is CCOC(=O)c1ccc(Nc2ncccc2N)cc1.CCOC(=O)c1ccc(Nc2ncccc2[N+](=O)[O-])cc1. The van der Waals surface area contributed by atoms with Gasteiger partial charge in [-0.3, -0.25) is 10.1 Å². The second-order valence-corrected chi connectivity index (χ2v) is 7.92. The van der Waals surface area contributed by atoms with Crippen LogP contribution in [-0.2, 0) is 9.47 Å². The molecule has 0 aliphatic carbocycles. The van der Waals surface area contributed by atoms with Crippen LogP contribution in [0.5, 0.6) is 0 Å². The van der Waals surface area contributed by atoms with Gasteiger partial charge >= 0.3 is 17.6 Å². The van der Waals surface area contributed by atoms with Gasteiger partial charge in [-0.25, -0.2) is 19.6 Å². The highest BCUT2D eigenvalue weighted by atomic mass is 16.6. The van der Waals surface area contributed by atoms with Crippen LogP contribution in [0.2, 0.25) is 0 Å². The summed E-state index contributed by atoms with van der Waals surface area (Å²) in [4.78, 5) is 41.5. The number of benzene rings is 2. The first-order chi connectivity index (χ1) is 19.3. The van der Waals surface area contributed by atoms with Crippen molar-refractivity contribution in [1.29, 1.82) is 0 Å². The van der Waals surface area contributed by atoms with Gasteiger partial charge in [-0.2, -0.15) is 0 Å². The van der Waals surface area contributed by atoms with Crippen molar-refractivity contribution < 1.29 is 24.0 Å². The minimum absolute atomic E-state index is 0.119. The number of anilines is 5. The van der Waals surface area contributed by atoms with Crippen LogP contribution in [0.1, 0.15) is 34.6 Å². The average Bonchev–Trinajstić information content (AvgIpc) is 2.96. The van der Waals surface area contributed by atoms with Crippen molar-refractivity contribution in [2.45, 2.75) is 13.8 Å². The van der Waals surface area contributed by atoms with E-state index < -0.39 is 10.9 Å². The van der Waals surface area contributed by atoms with Gasteiger partial charge in [0, 0.05) is 29.8 Å². The number of nitro groups is 1. The third-order valence-corrected chi connectivity index (χ3v) is 5.14. The van der Waals surface area contributed by atoms with E-state index in [0.29, 0.717) is 41.5 Å². The number of nitrogen functional groups attached to an aromatic ring is 1. The normalized spacial score (nSPS) is 9.95. The Hall–Kier alpha value is -5.52. The molecule has 0 aliphatic rings. The summed E-state index contributed by atoms with van der Waals surface area (Å²) in [6, 6.07) is 19.8. The second kappa shape index (κ2) is 14.4. The molecule has 4 aromatic rings. The van der Waals surface area contributed by atoms with Crippen LogP contribution in [0, 0.1) is 10.1 Å². The van der Waals surface area contributed by atoms with Crippen LogP contribution in [0.3, 0.4) is 0 Å². The average molecular weight is 545 g/mol. The largest absolute Gasteiger partial charge is 0.462 e. The zero-order valence-electron chi connectivity index (χ0n) is 21.9. The van der Waals surface area contributed by atoms with Gasteiger partial charge in [0.25, 0.3) is 0 Å². The first kappa shape index (κ1) is 29.0. The molecule has 4 N–H and O–H groups in total. The van der Waals surface area contributed by atoms with Crippen molar-refractivity contribution in [2.75, 3.05) is 29.6 Å². The minimum Gasteiger partial charge on any atom is -0.462 e. The summed E-state index contributed by atoms with van der Waals surface area (Å²) in [6.45, 7) is 4.17. The third-order valence-electron chi connectivity index (χ3n) is 5.14. The first-order valence-electron chi connectivity index (χ1n) is 12.2. The molecule has 0 amide bonds. The Bertz CT molecular complexity index is 1440. The molecule has 0 bridgehead atoms. The quantitative estimate of drug-likeness (QED) is 0.138. The lowest BCUT2D eigenvalue weighted by atomic mass is 10.2. The Balaban J connectivity index is 0.000000222. The van der Waals surface area contributed by atoms with Crippen molar-refractivity contribution in [3.8, 4) is 0 Å². The molecular weight excluding hydrogens is 516 g/mol. The number of carbonyl (C=O) groups excluding carboxylic acids is 2. The number of pyridine rings is 2. The molecule has 4 rings (SSSR count). The van der Waals surface area contributed by atoms with E-state index in [-0.39, 0.29) is 17.5 Å². The van der Waals surface area contributed by atoms with E-state index in [9.17, 15) is 19.7 Å². The summed E-state index contributed by atoms with van der Waals surface area (Å²) in [7, 11) is 0. The number of esters is 2. The molecule has 0 spiro atoms. The molecule has 0 radical (unpaired) electrons. The van der Waals surface area contributed by atoms with Crippen LogP contribution in [0.25, 0.3) is 0 Å². The number of hydrogen-bond acceptors (Lipinski definition) is 11. The fourth-order valence-corrected chi connectivity index (χ4v) is 3.24. The van der Waals surface area contributed by atoms with E-state index in [1.54, 1.807) is 80.7 Å². The molecule has 206 valence electrons. The van der Waals surface area contributed by atoms with Crippen LogP contribution < -0.4 is 16.4 Å². The van der Waals surface area contributed by atoms with Gasteiger partial charge in [0.05, 0.1) is 35.0 Å². The highest BCUT2D eigenvalue weighted by molar-refractivity contribution is 5.90.